The minimum Gasteiger partial charge on any atom is -0.368 e. The molecule has 0 aromatic heterocycles. The Kier molecular flexibility index (Phi) is 7.05. The van der Waals surface area contributed by atoms with Gasteiger partial charge in [-0.15, -0.1) is 0 Å². The van der Waals surface area contributed by atoms with E-state index < -0.39 is 11.7 Å². The molecule has 0 atom stereocenters. The van der Waals surface area contributed by atoms with Gasteiger partial charge in [0.05, 0.1) is 12.0 Å². The topological polar surface area (TPSA) is 26.8 Å². The van der Waals surface area contributed by atoms with Crippen LogP contribution in [0.2, 0.25) is 0 Å². The summed E-state index contributed by atoms with van der Waals surface area (Å²) in [6.07, 6.45) is 3.45. The van der Waals surface area contributed by atoms with Crippen molar-refractivity contribution in [3.63, 3.8) is 0 Å². The Hall–Kier alpha value is -2.54. The highest BCUT2D eigenvalue weighted by Gasteiger charge is 2.30. The smallest absolute Gasteiger partial charge is 0.368 e. The van der Waals surface area contributed by atoms with Crippen LogP contribution in [0.25, 0.3) is 0 Å². The number of anilines is 1. The van der Waals surface area contributed by atoms with Crippen molar-refractivity contribution in [2.75, 3.05) is 44.2 Å². The van der Waals surface area contributed by atoms with Crippen LogP contribution in [0.15, 0.2) is 42.5 Å². The van der Waals surface area contributed by atoms with Crippen molar-refractivity contribution in [3.05, 3.63) is 64.7 Å². The number of amides is 1. The first kappa shape index (κ1) is 24.2. The lowest BCUT2D eigenvalue weighted by Gasteiger charge is -2.36. The highest BCUT2D eigenvalue weighted by molar-refractivity contribution is 5.79. The van der Waals surface area contributed by atoms with Crippen molar-refractivity contribution >= 4 is 11.6 Å². The molecule has 0 unspecified atom stereocenters. The molecule has 2 fully saturated rings. The van der Waals surface area contributed by atoms with Crippen molar-refractivity contribution < 1.29 is 18.0 Å². The maximum atomic E-state index is 12.8. The summed E-state index contributed by atoms with van der Waals surface area (Å²) >= 11 is 0. The van der Waals surface area contributed by atoms with E-state index >= 15 is 0 Å². The van der Waals surface area contributed by atoms with Gasteiger partial charge in [-0.05, 0) is 66.6 Å². The number of benzene rings is 2. The van der Waals surface area contributed by atoms with E-state index in [1.807, 2.05) is 4.90 Å². The predicted molar refractivity (Wildman–Crippen MR) is 132 cm³/mol. The molecule has 0 N–H and O–H groups in total. The standard InChI is InChI=1S/C28H34F3N3O/c29-28(30,31)24-8-5-21(6-9-24)19-27(35)34-17-15-33(16-18-34)26-10-7-22-11-13-32(14-12-23(22)20-26)25-3-1-2-4-25/h5-10,20,25H,1-4,11-19H2. The van der Waals surface area contributed by atoms with Crippen LogP contribution in [0.3, 0.4) is 0 Å². The van der Waals surface area contributed by atoms with Gasteiger partial charge in [0.15, 0.2) is 0 Å². The minimum atomic E-state index is -4.36. The summed E-state index contributed by atoms with van der Waals surface area (Å²) in [7, 11) is 0. The summed E-state index contributed by atoms with van der Waals surface area (Å²) < 4.78 is 38.3. The van der Waals surface area contributed by atoms with Gasteiger partial charge in [0.25, 0.3) is 0 Å². The molecule has 0 spiro atoms. The van der Waals surface area contributed by atoms with Crippen LogP contribution in [-0.4, -0.2) is 61.0 Å². The molecule has 0 radical (unpaired) electrons. The van der Waals surface area contributed by atoms with E-state index in [0.717, 1.165) is 57.2 Å². The van der Waals surface area contributed by atoms with Crippen molar-refractivity contribution in [1.29, 1.82) is 0 Å². The fourth-order valence-electron chi connectivity index (χ4n) is 5.87. The summed E-state index contributed by atoms with van der Waals surface area (Å²) in [5.41, 5.74) is 4.09. The zero-order chi connectivity index (χ0) is 24.4. The van der Waals surface area contributed by atoms with E-state index in [1.165, 1.54) is 54.6 Å². The van der Waals surface area contributed by atoms with Crippen LogP contribution in [0, 0.1) is 0 Å². The summed E-state index contributed by atoms with van der Waals surface area (Å²) in [5, 5.41) is 0. The normalized spacial score (nSPS) is 20.1. The minimum absolute atomic E-state index is 0.0293. The van der Waals surface area contributed by atoms with Gasteiger partial charge in [-0.1, -0.05) is 31.0 Å². The number of rotatable bonds is 4. The van der Waals surface area contributed by atoms with Crippen molar-refractivity contribution in [3.8, 4) is 0 Å². The summed E-state index contributed by atoms with van der Waals surface area (Å²) in [4.78, 5) is 19.6. The number of halogens is 3. The second-order valence-electron chi connectivity index (χ2n) is 10.2. The van der Waals surface area contributed by atoms with Gasteiger partial charge in [-0.25, -0.2) is 0 Å². The average molecular weight is 486 g/mol. The van der Waals surface area contributed by atoms with Crippen molar-refractivity contribution in [1.82, 2.24) is 9.80 Å². The number of piperazine rings is 1. The van der Waals surface area contributed by atoms with Crippen molar-refractivity contribution in [2.24, 2.45) is 0 Å². The molecule has 1 aliphatic carbocycles. The van der Waals surface area contributed by atoms with Gasteiger partial charge in [-0.2, -0.15) is 13.2 Å². The Morgan fingerprint density at radius 1 is 0.829 bits per heavy atom. The van der Waals surface area contributed by atoms with E-state index in [9.17, 15) is 18.0 Å². The SMILES string of the molecule is O=C(Cc1ccc(C(F)(F)F)cc1)N1CCN(c2ccc3c(c2)CCN(C2CCCC2)CC3)CC1. The van der Waals surface area contributed by atoms with Crippen LogP contribution in [-0.2, 0) is 30.2 Å². The highest BCUT2D eigenvalue weighted by Crippen LogP contribution is 2.30. The molecule has 5 rings (SSSR count). The Bertz CT molecular complexity index is 1020. The molecule has 2 aliphatic heterocycles. The Morgan fingerprint density at radius 2 is 1.49 bits per heavy atom. The number of nitrogens with zero attached hydrogens (tertiary/aromatic N) is 3. The largest absolute Gasteiger partial charge is 0.416 e. The second-order valence-corrected chi connectivity index (χ2v) is 10.2. The third kappa shape index (κ3) is 5.66. The van der Waals surface area contributed by atoms with E-state index in [4.69, 9.17) is 0 Å². The molecular formula is C28H34F3N3O. The average Bonchev–Trinajstić information content (AvgIpc) is 3.31. The third-order valence-corrected chi connectivity index (χ3v) is 8.00. The molecule has 0 bridgehead atoms. The number of fused-ring (bicyclic) bond motifs is 1. The number of alkyl halides is 3. The fraction of sp³-hybridized carbons (Fsp3) is 0.536. The van der Waals surface area contributed by atoms with Crippen LogP contribution in [0.5, 0.6) is 0 Å². The summed E-state index contributed by atoms with van der Waals surface area (Å²) in [6.45, 7) is 5.11. The maximum absolute atomic E-state index is 12.8. The maximum Gasteiger partial charge on any atom is 0.416 e. The molecule has 2 aromatic carbocycles. The molecule has 188 valence electrons. The van der Waals surface area contributed by atoms with Crippen molar-refractivity contribution in [2.45, 2.75) is 57.2 Å². The van der Waals surface area contributed by atoms with Gasteiger partial charge in [0.2, 0.25) is 5.91 Å². The quantitative estimate of drug-likeness (QED) is 0.614. The molecule has 2 heterocycles. The van der Waals surface area contributed by atoms with Gasteiger partial charge in [-0.3, -0.25) is 9.69 Å². The lowest BCUT2D eigenvalue weighted by molar-refractivity contribution is -0.137. The molecule has 7 heteroatoms. The molecule has 35 heavy (non-hydrogen) atoms. The fourth-order valence-corrected chi connectivity index (χ4v) is 5.87. The molecular weight excluding hydrogens is 451 g/mol. The second kappa shape index (κ2) is 10.2. The monoisotopic (exact) mass is 485 g/mol. The zero-order valence-electron chi connectivity index (χ0n) is 20.2. The molecule has 1 amide bonds. The van der Waals surface area contributed by atoms with E-state index in [2.05, 4.69) is 28.0 Å². The van der Waals surface area contributed by atoms with Gasteiger partial charge >= 0.3 is 6.18 Å². The van der Waals surface area contributed by atoms with E-state index in [0.29, 0.717) is 18.7 Å². The van der Waals surface area contributed by atoms with Gasteiger partial charge < -0.3 is 9.80 Å². The highest BCUT2D eigenvalue weighted by atomic mass is 19.4. The van der Waals surface area contributed by atoms with Gasteiger partial charge in [0, 0.05) is 51.0 Å². The van der Waals surface area contributed by atoms with Crippen LogP contribution >= 0.6 is 0 Å². The van der Waals surface area contributed by atoms with E-state index in [-0.39, 0.29) is 12.3 Å². The lowest BCUT2D eigenvalue weighted by atomic mass is 10.0. The van der Waals surface area contributed by atoms with E-state index in [1.54, 1.807) is 0 Å². The zero-order valence-corrected chi connectivity index (χ0v) is 20.2. The predicted octanol–water partition coefficient (Wildman–Crippen LogP) is 4.94. The van der Waals surface area contributed by atoms with Crippen LogP contribution in [0.1, 0.15) is 47.9 Å². The Morgan fingerprint density at radius 3 is 2.14 bits per heavy atom. The molecule has 3 aliphatic rings. The number of carbonyl (C=O) groups is 1. The third-order valence-electron chi connectivity index (χ3n) is 8.00. The summed E-state index contributed by atoms with van der Waals surface area (Å²) in [6, 6.07) is 12.6. The molecule has 1 saturated carbocycles. The van der Waals surface area contributed by atoms with Gasteiger partial charge in [0.1, 0.15) is 0 Å². The van der Waals surface area contributed by atoms with Crippen LogP contribution < -0.4 is 4.90 Å². The molecule has 2 aromatic rings. The number of carbonyl (C=O) groups excluding carboxylic acids is 1. The number of hydrogen-bond acceptors (Lipinski definition) is 3. The molecule has 1 saturated heterocycles. The summed E-state index contributed by atoms with van der Waals surface area (Å²) in [5.74, 6) is -0.0293. The van der Waals surface area contributed by atoms with Crippen LogP contribution in [0.4, 0.5) is 18.9 Å². The Labute approximate surface area is 205 Å². The first-order chi connectivity index (χ1) is 16.9. The first-order valence-corrected chi connectivity index (χ1v) is 12.9. The lowest BCUT2D eigenvalue weighted by Crippen LogP contribution is -2.49. The Balaban J connectivity index is 1.15. The number of hydrogen-bond donors (Lipinski definition) is 0. The first-order valence-electron chi connectivity index (χ1n) is 12.9. The molecule has 4 nitrogen and oxygen atoms in total.